The summed E-state index contributed by atoms with van der Waals surface area (Å²) < 4.78 is 28.4. The summed E-state index contributed by atoms with van der Waals surface area (Å²) in [5.74, 6) is 0.121. The molecule has 3 rings (SSSR count). The Balaban J connectivity index is 1.71. The molecule has 31 heavy (non-hydrogen) atoms. The number of sulfonamides is 1. The fourth-order valence-corrected chi connectivity index (χ4v) is 5.94. The zero-order valence-electron chi connectivity index (χ0n) is 18.6. The lowest BCUT2D eigenvalue weighted by atomic mass is 10.2. The standard InChI is InChI=1S/C22H34N4O4S/c1-18-6-7-19(2)20(17-18)31(29,30)26(13-4-12-24-11-3-5-21(24)27)14-8-22(28)25-15-9-23-10-16-25/h6-7,17,23H,3-5,8-16H2,1-2H3. The lowest BCUT2D eigenvalue weighted by Gasteiger charge is -2.29. The lowest BCUT2D eigenvalue weighted by molar-refractivity contribution is -0.131. The van der Waals surface area contributed by atoms with Crippen LogP contribution >= 0.6 is 0 Å². The Bertz CT molecular complexity index is 897. The van der Waals surface area contributed by atoms with E-state index in [4.69, 9.17) is 0 Å². The molecule has 1 aromatic rings. The summed E-state index contributed by atoms with van der Waals surface area (Å²) >= 11 is 0. The van der Waals surface area contributed by atoms with Crippen LogP contribution in [0.1, 0.15) is 36.8 Å². The molecule has 0 unspecified atom stereocenters. The molecule has 2 saturated heterocycles. The fraction of sp³-hybridized carbons (Fsp3) is 0.636. The first kappa shape index (κ1) is 23.7. The normalized spacial score (nSPS) is 17.6. The van der Waals surface area contributed by atoms with Crippen LogP contribution in [-0.2, 0) is 19.6 Å². The third-order valence-corrected chi connectivity index (χ3v) is 8.05. The Morgan fingerprint density at radius 1 is 1.13 bits per heavy atom. The zero-order valence-corrected chi connectivity index (χ0v) is 19.4. The van der Waals surface area contributed by atoms with Crippen LogP contribution in [-0.4, -0.2) is 86.7 Å². The van der Waals surface area contributed by atoms with Gasteiger partial charge in [0.1, 0.15) is 0 Å². The van der Waals surface area contributed by atoms with E-state index in [1.165, 1.54) is 4.31 Å². The average molecular weight is 451 g/mol. The Hall–Kier alpha value is -1.97. The molecule has 0 aromatic heterocycles. The number of benzene rings is 1. The van der Waals surface area contributed by atoms with Crippen LogP contribution in [0.4, 0.5) is 0 Å². The van der Waals surface area contributed by atoms with Crippen LogP contribution in [0.3, 0.4) is 0 Å². The van der Waals surface area contributed by atoms with E-state index in [1.807, 2.05) is 19.1 Å². The van der Waals surface area contributed by atoms with E-state index in [2.05, 4.69) is 5.32 Å². The summed E-state index contributed by atoms with van der Waals surface area (Å²) in [6.07, 6.45) is 2.15. The molecule has 2 heterocycles. The van der Waals surface area contributed by atoms with Crippen LogP contribution in [0.5, 0.6) is 0 Å². The number of carbonyl (C=O) groups excluding carboxylic acids is 2. The van der Waals surface area contributed by atoms with E-state index in [0.717, 1.165) is 31.6 Å². The predicted octanol–water partition coefficient (Wildman–Crippen LogP) is 1.13. The maximum absolute atomic E-state index is 13.5. The SMILES string of the molecule is Cc1ccc(C)c(S(=O)(=O)N(CCCN2CCCC2=O)CCC(=O)N2CCNCC2)c1. The third-order valence-electron chi connectivity index (χ3n) is 6.01. The van der Waals surface area contributed by atoms with Crippen molar-refractivity contribution >= 4 is 21.8 Å². The average Bonchev–Trinajstić information content (AvgIpc) is 3.17. The van der Waals surface area contributed by atoms with E-state index in [9.17, 15) is 18.0 Å². The maximum Gasteiger partial charge on any atom is 0.243 e. The van der Waals surface area contributed by atoms with Crippen LogP contribution < -0.4 is 5.32 Å². The van der Waals surface area contributed by atoms with Gasteiger partial charge in [-0.3, -0.25) is 9.59 Å². The van der Waals surface area contributed by atoms with Crippen LogP contribution in [0, 0.1) is 13.8 Å². The molecule has 1 N–H and O–H groups in total. The number of carbonyl (C=O) groups is 2. The van der Waals surface area contributed by atoms with E-state index in [-0.39, 0.29) is 31.3 Å². The van der Waals surface area contributed by atoms with Gasteiger partial charge in [-0.1, -0.05) is 12.1 Å². The van der Waals surface area contributed by atoms with Gasteiger partial charge in [0.05, 0.1) is 4.90 Å². The predicted molar refractivity (Wildman–Crippen MR) is 119 cm³/mol. The second kappa shape index (κ2) is 10.6. The molecule has 1 aromatic carbocycles. The van der Waals surface area contributed by atoms with Crippen LogP contribution in [0.15, 0.2) is 23.1 Å². The highest BCUT2D eigenvalue weighted by Gasteiger charge is 2.28. The first-order valence-electron chi connectivity index (χ1n) is 11.1. The van der Waals surface area contributed by atoms with Crippen molar-refractivity contribution in [2.24, 2.45) is 0 Å². The minimum atomic E-state index is -3.74. The second-order valence-corrected chi connectivity index (χ2v) is 10.3. The molecule has 0 spiro atoms. The molecule has 8 nitrogen and oxygen atoms in total. The van der Waals surface area contributed by atoms with Crippen molar-refractivity contribution in [3.63, 3.8) is 0 Å². The molecule has 2 fully saturated rings. The molecule has 0 saturated carbocycles. The van der Waals surface area contributed by atoms with Gasteiger partial charge in [-0.05, 0) is 43.9 Å². The summed E-state index contributed by atoms with van der Waals surface area (Å²) in [4.78, 5) is 28.4. The summed E-state index contributed by atoms with van der Waals surface area (Å²) in [6.45, 7) is 8.21. The largest absolute Gasteiger partial charge is 0.343 e. The van der Waals surface area contributed by atoms with Gasteiger partial charge in [0.15, 0.2) is 0 Å². The number of hydrogen-bond donors (Lipinski definition) is 1. The van der Waals surface area contributed by atoms with Crippen LogP contribution in [0.2, 0.25) is 0 Å². The molecule has 2 aliphatic rings. The first-order valence-corrected chi connectivity index (χ1v) is 12.6. The third kappa shape index (κ3) is 6.05. The van der Waals surface area contributed by atoms with Crippen molar-refractivity contribution in [2.75, 3.05) is 52.4 Å². The van der Waals surface area contributed by atoms with Crippen molar-refractivity contribution in [2.45, 2.75) is 44.4 Å². The molecule has 0 radical (unpaired) electrons. The van der Waals surface area contributed by atoms with E-state index in [1.54, 1.807) is 22.8 Å². The number of nitrogens with zero attached hydrogens (tertiary/aromatic N) is 3. The summed E-state index contributed by atoms with van der Waals surface area (Å²) in [5.41, 5.74) is 1.57. The van der Waals surface area contributed by atoms with Crippen molar-refractivity contribution in [3.05, 3.63) is 29.3 Å². The Kier molecular flexibility index (Phi) is 8.07. The number of piperazine rings is 1. The smallest absolute Gasteiger partial charge is 0.243 e. The van der Waals surface area contributed by atoms with Gasteiger partial charge in [-0.15, -0.1) is 0 Å². The van der Waals surface area contributed by atoms with Gasteiger partial charge >= 0.3 is 0 Å². The van der Waals surface area contributed by atoms with E-state index in [0.29, 0.717) is 42.9 Å². The van der Waals surface area contributed by atoms with Gasteiger partial charge in [0.2, 0.25) is 21.8 Å². The number of rotatable bonds is 9. The van der Waals surface area contributed by atoms with Gasteiger partial charge < -0.3 is 15.1 Å². The van der Waals surface area contributed by atoms with Crippen molar-refractivity contribution in [1.82, 2.24) is 19.4 Å². The summed E-state index contributed by atoms with van der Waals surface area (Å²) in [6, 6.07) is 5.40. The summed E-state index contributed by atoms with van der Waals surface area (Å²) in [7, 11) is -3.74. The second-order valence-electron chi connectivity index (χ2n) is 8.39. The van der Waals surface area contributed by atoms with Crippen molar-refractivity contribution < 1.29 is 18.0 Å². The molecule has 0 aliphatic carbocycles. The van der Waals surface area contributed by atoms with Crippen molar-refractivity contribution in [3.8, 4) is 0 Å². The number of amides is 2. The maximum atomic E-state index is 13.5. The molecule has 0 bridgehead atoms. The lowest BCUT2D eigenvalue weighted by Crippen LogP contribution is -2.47. The van der Waals surface area contributed by atoms with E-state index >= 15 is 0 Å². The van der Waals surface area contributed by atoms with Gasteiger partial charge in [0.25, 0.3) is 0 Å². The fourth-order valence-electron chi connectivity index (χ4n) is 4.15. The number of hydrogen-bond acceptors (Lipinski definition) is 5. The van der Waals surface area contributed by atoms with Gasteiger partial charge in [-0.25, -0.2) is 8.42 Å². The first-order chi connectivity index (χ1) is 14.8. The van der Waals surface area contributed by atoms with Crippen LogP contribution in [0.25, 0.3) is 0 Å². The van der Waals surface area contributed by atoms with E-state index < -0.39 is 10.0 Å². The zero-order chi connectivity index (χ0) is 22.4. The minimum Gasteiger partial charge on any atom is -0.343 e. The van der Waals surface area contributed by atoms with Gasteiger partial charge in [0, 0.05) is 65.2 Å². The topological polar surface area (TPSA) is 90.0 Å². The Labute approximate surface area is 185 Å². The monoisotopic (exact) mass is 450 g/mol. The summed E-state index contributed by atoms with van der Waals surface area (Å²) in [5, 5.41) is 3.22. The molecular weight excluding hydrogens is 416 g/mol. The molecule has 2 aliphatic heterocycles. The number of nitrogens with one attached hydrogen (secondary N) is 1. The molecule has 9 heteroatoms. The minimum absolute atomic E-state index is 0.0163. The highest BCUT2D eigenvalue weighted by molar-refractivity contribution is 7.89. The highest BCUT2D eigenvalue weighted by atomic mass is 32.2. The quantitative estimate of drug-likeness (QED) is 0.609. The number of aryl methyl sites for hydroxylation is 2. The molecule has 172 valence electrons. The Morgan fingerprint density at radius 3 is 2.55 bits per heavy atom. The highest BCUT2D eigenvalue weighted by Crippen LogP contribution is 2.22. The molecule has 0 atom stereocenters. The molecular formula is C22H34N4O4S. The molecule has 2 amide bonds. The number of likely N-dealkylation sites (tertiary alicyclic amines) is 1. The Morgan fingerprint density at radius 2 is 1.87 bits per heavy atom. The van der Waals surface area contributed by atoms with Crippen molar-refractivity contribution in [1.29, 1.82) is 0 Å². The van der Waals surface area contributed by atoms with Gasteiger partial charge in [-0.2, -0.15) is 4.31 Å².